The molecule has 6 nitrogen and oxygen atoms in total. The molecule has 0 aliphatic carbocycles. The lowest BCUT2D eigenvalue weighted by atomic mass is 10.2. The quantitative estimate of drug-likeness (QED) is 0.793. The predicted octanol–water partition coefficient (Wildman–Crippen LogP) is 3.06. The van der Waals surface area contributed by atoms with Gasteiger partial charge in [0.15, 0.2) is 5.76 Å². The molecule has 4 rings (SSSR count). The molecule has 1 aliphatic rings. The molecule has 0 atom stereocenters. The van der Waals surface area contributed by atoms with E-state index in [0.717, 1.165) is 35.8 Å². The van der Waals surface area contributed by atoms with E-state index in [9.17, 15) is 4.79 Å². The Kier molecular flexibility index (Phi) is 4.09. The molecular formula is C19H20N4O2. The number of hydrogen-bond donors (Lipinski definition) is 1. The number of para-hydroxylation sites is 1. The lowest BCUT2D eigenvalue weighted by Gasteiger charge is -2.16. The van der Waals surface area contributed by atoms with Crippen molar-refractivity contribution in [3.05, 3.63) is 53.5 Å². The van der Waals surface area contributed by atoms with E-state index in [4.69, 9.17) is 4.42 Å². The Morgan fingerprint density at radius 1 is 1.20 bits per heavy atom. The number of hydrogen-bond acceptors (Lipinski definition) is 5. The maximum absolute atomic E-state index is 12.4. The van der Waals surface area contributed by atoms with E-state index >= 15 is 0 Å². The van der Waals surface area contributed by atoms with Crippen LogP contribution in [-0.2, 0) is 6.54 Å². The van der Waals surface area contributed by atoms with E-state index in [-0.39, 0.29) is 5.91 Å². The van der Waals surface area contributed by atoms with Gasteiger partial charge in [-0.1, -0.05) is 18.2 Å². The maximum atomic E-state index is 12.4. The van der Waals surface area contributed by atoms with Crippen LogP contribution in [0.2, 0.25) is 0 Å². The van der Waals surface area contributed by atoms with Crippen molar-refractivity contribution in [1.29, 1.82) is 0 Å². The second-order valence-electron chi connectivity index (χ2n) is 6.33. The molecule has 1 amide bonds. The van der Waals surface area contributed by atoms with Crippen molar-refractivity contribution >= 4 is 22.8 Å². The highest BCUT2D eigenvalue weighted by molar-refractivity contribution is 5.95. The fraction of sp³-hybridized carbons (Fsp3) is 0.316. The molecule has 2 aromatic heterocycles. The smallest absolute Gasteiger partial charge is 0.287 e. The summed E-state index contributed by atoms with van der Waals surface area (Å²) in [4.78, 5) is 23.7. The molecular weight excluding hydrogens is 316 g/mol. The van der Waals surface area contributed by atoms with Crippen molar-refractivity contribution < 1.29 is 9.21 Å². The number of carbonyl (C=O) groups is 1. The zero-order valence-electron chi connectivity index (χ0n) is 14.2. The topological polar surface area (TPSA) is 71.3 Å². The molecule has 0 spiro atoms. The van der Waals surface area contributed by atoms with E-state index in [2.05, 4.69) is 20.2 Å². The van der Waals surface area contributed by atoms with Gasteiger partial charge in [0.1, 0.15) is 5.58 Å². The van der Waals surface area contributed by atoms with Crippen LogP contribution >= 0.6 is 0 Å². The molecule has 1 N–H and O–H groups in total. The number of rotatable bonds is 4. The molecule has 0 radical (unpaired) electrons. The Morgan fingerprint density at radius 3 is 2.80 bits per heavy atom. The summed E-state index contributed by atoms with van der Waals surface area (Å²) < 4.78 is 5.59. The predicted molar refractivity (Wildman–Crippen MR) is 95.6 cm³/mol. The molecule has 128 valence electrons. The minimum atomic E-state index is -0.241. The van der Waals surface area contributed by atoms with Crippen LogP contribution in [0.4, 0.5) is 5.95 Å². The zero-order valence-corrected chi connectivity index (χ0v) is 14.2. The normalized spacial score (nSPS) is 14.2. The number of furan rings is 1. The zero-order chi connectivity index (χ0) is 17.2. The van der Waals surface area contributed by atoms with Crippen molar-refractivity contribution in [2.45, 2.75) is 26.3 Å². The molecule has 0 unspecified atom stereocenters. The Labute approximate surface area is 145 Å². The fourth-order valence-electron chi connectivity index (χ4n) is 3.12. The number of nitrogens with one attached hydrogen (secondary N) is 1. The van der Waals surface area contributed by atoms with Crippen molar-refractivity contribution in [3.8, 4) is 0 Å². The number of amides is 1. The summed E-state index contributed by atoms with van der Waals surface area (Å²) >= 11 is 0. The molecule has 3 heterocycles. The largest absolute Gasteiger partial charge is 0.451 e. The van der Waals surface area contributed by atoms with Crippen LogP contribution in [0.15, 0.2) is 40.8 Å². The highest BCUT2D eigenvalue weighted by atomic mass is 16.3. The number of aromatic nitrogens is 2. The monoisotopic (exact) mass is 336 g/mol. The molecule has 1 fully saturated rings. The van der Waals surface area contributed by atoms with Crippen LogP contribution in [0.25, 0.3) is 11.0 Å². The Balaban J connectivity index is 1.47. The Bertz CT molecular complexity index is 880. The summed E-state index contributed by atoms with van der Waals surface area (Å²) in [5, 5.41) is 3.80. The van der Waals surface area contributed by atoms with Crippen LogP contribution in [0.1, 0.15) is 34.8 Å². The van der Waals surface area contributed by atoms with Gasteiger partial charge in [0.2, 0.25) is 5.95 Å². The average molecular weight is 336 g/mol. The van der Waals surface area contributed by atoms with Gasteiger partial charge in [-0.3, -0.25) is 4.79 Å². The SMILES string of the molecule is Cc1cc(CNC(=O)c2cc3ccccc3o2)nc(N2CCCC2)n1. The number of fused-ring (bicyclic) bond motifs is 1. The summed E-state index contributed by atoms with van der Waals surface area (Å²) in [6.07, 6.45) is 2.35. The van der Waals surface area contributed by atoms with E-state index in [1.165, 1.54) is 12.8 Å². The lowest BCUT2D eigenvalue weighted by Crippen LogP contribution is -2.25. The summed E-state index contributed by atoms with van der Waals surface area (Å²) in [5.41, 5.74) is 2.42. The van der Waals surface area contributed by atoms with Crippen molar-refractivity contribution in [2.75, 3.05) is 18.0 Å². The molecule has 1 aliphatic heterocycles. The second kappa shape index (κ2) is 6.55. The lowest BCUT2D eigenvalue weighted by molar-refractivity contribution is 0.0925. The van der Waals surface area contributed by atoms with Gasteiger partial charge in [0, 0.05) is 24.2 Å². The van der Waals surface area contributed by atoms with E-state index in [1.54, 1.807) is 6.07 Å². The fourth-order valence-corrected chi connectivity index (χ4v) is 3.12. The second-order valence-corrected chi connectivity index (χ2v) is 6.33. The van der Waals surface area contributed by atoms with Gasteiger partial charge in [0.05, 0.1) is 12.2 Å². The number of aryl methyl sites for hydroxylation is 1. The summed E-state index contributed by atoms with van der Waals surface area (Å²) in [5.74, 6) is 0.826. The number of carbonyl (C=O) groups excluding carboxylic acids is 1. The molecule has 1 saturated heterocycles. The van der Waals surface area contributed by atoms with Crippen LogP contribution in [0.5, 0.6) is 0 Å². The molecule has 3 aromatic rings. The Hall–Kier alpha value is -2.89. The first-order valence-electron chi connectivity index (χ1n) is 8.55. The first-order chi connectivity index (χ1) is 12.2. The van der Waals surface area contributed by atoms with Gasteiger partial charge in [0.25, 0.3) is 5.91 Å². The summed E-state index contributed by atoms with van der Waals surface area (Å²) in [7, 11) is 0. The molecule has 0 bridgehead atoms. The third-order valence-corrected chi connectivity index (χ3v) is 4.36. The van der Waals surface area contributed by atoms with Gasteiger partial charge >= 0.3 is 0 Å². The van der Waals surface area contributed by atoms with Gasteiger partial charge in [-0.15, -0.1) is 0 Å². The third kappa shape index (κ3) is 3.33. The first-order valence-corrected chi connectivity index (χ1v) is 8.55. The van der Waals surface area contributed by atoms with Gasteiger partial charge in [-0.2, -0.15) is 0 Å². The average Bonchev–Trinajstić information content (AvgIpc) is 3.28. The highest BCUT2D eigenvalue weighted by Gasteiger charge is 2.17. The Morgan fingerprint density at radius 2 is 2.00 bits per heavy atom. The van der Waals surface area contributed by atoms with Crippen LogP contribution in [0, 0.1) is 6.92 Å². The third-order valence-electron chi connectivity index (χ3n) is 4.36. The number of nitrogens with zero attached hydrogens (tertiary/aromatic N) is 3. The van der Waals surface area contributed by atoms with Crippen LogP contribution < -0.4 is 10.2 Å². The molecule has 1 aromatic carbocycles. The standard InChI is InChI=1S/C19H20N4O2/c1-13-10-15(22-19(21-13)23-8-4-5-9-23)12-20-18(24)17-11-14-6-2-3-7-16(14)25-17/h2-3,6-7,10-11H,4-5,8-9,12H2,1H3,(H,20,24). The number of anilines is 1. The summed E-state index contributed by atoms with van der Waals surface area (Å²) in [6, 6.07) is 11.2. The first kappa shape index (κ1) is 15.6. The molecule has 6 heteroatoms. The van der Waals surface area contributed by atoms with E-state index < -0.39 is 0 Å². The van der Waals surface area contributed by atoms with Crippen molar-refractivity contribution in [3.63, 3.8) is 0 Å². The van der Waals surface area contributed by atoms with Gasteiger partial charge < -0.3 is 14.6 Å². The van der Waals surface area contributed by atoms with Crippen LogP contribution in [0.3, 0.4) is 0 Å². The minimum absolute atomic E-state index is 0.241. The van der Waals surface area contributed by atoms with Gasteiger partial charge in [-0.25, -0.2) is 9.97 Å². The summed E-state index contributed by atoms with van der Waals surface area (Å²) in [6.45, 7) is 4.29. The van der Waals surface area contributed by atoms with Crippen molar-refractivity contribution in [2.24, 2.45) is 0 Å². The maximum Gasteiger partial charge on any atom is 0.287 e. The molecule has 25 heavy (non-hydrogen) atoms. The van der Waals surface area contributed by atoms with E-state index in [1.807, 2.05) is 37.3 Å². The van der Waals surface area contributed by atoms with E-state index in [0.29, 0.717) is 17.9 Å². The van der Waals surface area contributed by atoms with Crippen LogP contribution in [-0.4, -0.2) is 29.0 Å². The minimum Gasteiger partial charge on any atom is -0.451 e. The number of benzene rings is 1. The molecule has 0 saturated carbocycles. The van der Waals surface area contributed by atoms with Gasteiger partial charge in [-0.05, 0) is 38.0 Å². The highest BCUT2D eigenvalue weighted by Crippen LogP contribution is 2.19. The van der Waals surface area contributed by atoms with Crippen molar-refractivity contribution in [1.82, 2.24) is 15.3 Å².